The Morgan fingerprint density at radius 2 is 2.06 bits per heavy atom. The van der Waals surface area contributed by atoms with E-state index in [1.165, 1.54) is 32.1 Å². The summed E-state index contributed by atoms with van der Waals surface area (Å²) in [5, 5.41) is 0. The SMILES string of the molecule is CC(C)c1cccc2c1CC[C@@]1(C)CCC[C@H]21. The van der Waals surface area contributed by atoms with Crippen molar-refractivity contribution in [3.63, 3.8) is 0 Å². The molecule has 1 aromatic rings. The van der Waals surface area contributed by atoms with Crippen LogP contribution in [0.1, 0.15) is 75.0 Å². The Morgan fingerprint density at radius 3 is 2.82 bits per heavy atom. The van der Waals surface area contributed by atoms with E-state index < -0.39 is 0 Å². The topological polar surface area (TPSA) is 0 Å². The lowest BCUT2D eigenvalue weighted by Crippen LogP contribution is -2.27. The fourth-order valence-electron chi connectivity index (χ4n) is 4.25. The van der Waals surface area contributed by atoms with Crippen LogP contribution in [0.15, 0.2) is 18.2 Å². The zero-order valence-corrected chi connectivity index (χ0v) is 11.4. The van der Waals surface area contributed by atoms with Crippen LogP contribution in [0.2, 0.25) is 0 Å². The summed E-state index contributed by atoms with van der Waals surface area (Å²) in [6, 6.07) is 7.05. The first-order chi connectivity index (χ1) is 8.12. The summed E-state index contributed by atoms with van der Waals surface area (Å²) >= 11 is 0. The Morgan fingerprint density at radius 1 is 1.24 bits per heavy atom. The van der Waals surface area contributed by atoms with E-state index in [0.717, 1.165) is 5.92 Å². The minimum Gasteiger partial charge on any atom is -0.0617 e. The van der Waals surface area contributed by atoms with Gasteiger partial charge in [-0.3, -0.25) is 0 Å². The van der Waals surface area contributed by atoms with Crippen LogP contribution in [0.25, 0.3) is 0 Å². The van der Waals surface area contributed by atoms with Crippen molar-refractivity contribution in [3.8, 4) is 0 Å². The van der Waals surface area contributed by atoms with Gasteiger partial charge in [-0.2, -0.15) is 0 Å². The van der Waals surface area contributed by atoms with Gasteiger partial charge in [0, 0.05) is 0 Å². The third-order valence-electron chi connectivity index (χ3n) is 5.27. The van der Waals surface area contributed by atoms with Gasteiger partial charge in [0.2, 0.25) is 0 Å². The molecule has 3 rings (SSSR count). The predicted octanol–water partition coefficient (Wildman–Crippen LogP) is 5.03. The first kappa shape index (κ1) is 11.3. The van der Waals surface area contributed by atoms with Crippen LogP contribution in [0.4, 0.5) is 0 Å². The molecule has 0 saturated heterocycles. The Hall–Kier alpha value is -0.780. The molecule has 2 aliphatic rings. The monoisotopic (exact) mass is 228 g/mol. The van der Waals surface area contributed by atoms with Gasteiger partial charge < -0.3 is 0 Å². The molecule has 92 valence electrons. The first-order valence-electron chi connectivity index (χ1n) is 7.23. The van der Waals surface area contributed by atoms with E-state index in [1.807, 2.05) is 0 Å². The van der Waals surface area contributed by atoms with Crippen LogP contribution in [0.5, 0.6) is 0 Å². The highest BCUT2D eigenvalue weighted by atomic mass is 14.5. The maximum atomic E-state index is 2.52. The number of hydrogen-bond donors (Lipinski definition) is 0. The van der Waals surface area contributed by atoms with Gasteiger partial charge >= 0.3 is 0 Å². The molecular formula is C17H24. The van der Waals surface area contributed by atoms with Crippen molar-refractivity contribution in [2.24, 2.45) is 5.41 Å². The first-order valence-corrected chi connectivity index (χ1v) is 7.23. The Kier molecular flexibility index (Phi) is 2.57. The molecule has 0 radical (unpaired) electrons. The van der Waals surface area contributed by atoms with Gasteiger partial charge in [0.1, 0.15) is 0 Å². The van der Waals surface area contributed by atoms with E-state index in [1.54, 1.807) is 16.7 Å². The second-order valence-corrected chi connectivity index (χ2v) is 6.67. The third-order valence-corrected chi connectivity index (χ3v) is 5.27. The number of rotatable bonds is 1. The Bertz CT molecular complexity index is 430. The smallest absolute Gasteiger partial charge is 0.0105 e. The molecule has 0 heteroatoms. The molecule has 0 amide bonds. The van der Waals surface area contributed by atoms with E-state index in [-0.39, 0.29) is 0 Å². The van der Waals surface area contributed by atoms with E-state index in [4.69, 9.17) is 0 Å². The van der Waals surface area contributed by atoms with Crippen LogP contribution in [0, 0.1) is 5.41 Å². The molecule has 1 aromatic carbocycles. The predicted molar refractivity (Wildman–Crippen MR) is 73.6 cm³/mol. The standard InChI is InChI=1S/C17H24/c1-12(2)13-6-4-7-15-14(13)9-11-17(3)10-5-8-16(15)17/h4,6-7,12,16H,5,8-11H2,1-3H3/t16-,17-/m1/s1. The zero-order chi connectivity index (χ0) is 12.0. The van der Waals surface area contributed by atoms with Crippen molar-refractivity contribution >= 4 is 0 Å². The number of benzene rings is 1. The lowest BCUT2D eigenvalue weighted by Gasteiger charge is -2.39. The van der Waals surface area contributed by atoms with Gasteiger partial charge in [-0.25, -0.2) is 0 Å². The normalized spacial score (nSPS) is 31.4. The lowest BCUT2D eigenvalue weighted by molar-refractivity contribution is 0.251. The van der Waals surface area contributed by atoms with Gasteiger partial charge in [0.05, 0.1) is 0 Å². The molecule has 1 fully saturated rings. The third kappa shape index (κ3) is 1.64. The fraction of sp³-hybridized carbons (Fsp3) is 0.647. The van der Waals surface area contributed by atoms with E-state index in [2.05, 4.69) is 39.0 Å². The molecule has 0 aliphatic heterocycles. The summed E-state index contributed by atoms with van der Waals surface area (Å²) in [6.07, 6.45) is 7.03. The molecule has 0 nitrogen and oxygen atoms in total. The van der Waals surface area contributed by atoms with Gasteiger partial charge in [-0.1, -0.05) is 45.4 Å². The van der Waals surface area contributed by atoms with Gasteiger partial charge in [0.15, 0.2) is 0 Å². The highest BCUT2D eigenvalue weighted by Gasteiger charge is 2.43. The maximum absolute atomic E-state index is 2.52. The van der Waals surface area contributed by atoms with Crippen molar-refractivity contribution in [1.82, 2.24) is 0 Å². The summed E-state index contributed by atoms with van der Waals surface area (Å²) in [5.41, 5.74) is 5.62. The van der Waals surface area contributed by atoms with E-state index in [9.17, 15) is 0 Å². The zero-order valence-electron chi connectivity index (χ0n) is 11.4. The molecule has 0 heterocycles. The minimum absolute atomic E-state index is 0.614. The average Bonchev–Trinajstić information content (AvgIpc) is 2.70. The van der Waals surface area contributed by atoms with Crippen LogP contribution >= 0.6 is 0 Å². The molecule has 0 unspecified atom stereocenters. The summed E-state index contributed by atoms with van der Waals surface area (Å²) in [6.45, 7) is 7.19. The lowest BCUT2D eigenvalue weighted by atomic mass is 9.66. The van der Waals surface area contributed by atoms with Crippen molar-refractivity contribution in [2.75, 3.05) is 0 Å². The molecule has 2 atom stereocenters. The molecule has 2 aliphatic carbocycles. The Labute approximate surface area is 105 Å². The van der Waals surface area contributed by atoms with Gasteiger partial charge in [-0.15, -0.1) is 0 Å². The molecule has 0 bridgehead atoms. The minimum atomic E-state index is 0.614. The summed E-state index contributed by atoms with van der Waals surface area (Å²) in [5.74, 6) is 1.53. The molecule has 17 heavy (non-hydrogen) atoms. The molecule has 1 saturated carbocycles. The average molecular weight is 228 g/mol. The Balaban J connectivity index is 2.10. The summed E-state index contributed by atoms with van der Waals surface area (Å²) < 4.78 is 0. The summed E-state index contributed by atoms with van der Waals surface area (Å²) in [7, 11) is 0. The van der Waals surface area contributed by atoms with E-state index in [0.29, 0.717) is 11.3 Å². The fourth-order valence-corrected chi connectivity index (χ4v) is 4.25. The van der Waals surface area contributed by atoms with Crippen molar-refractivity contribution < 1.29 is 0 Å². The van der Waals surface area contributed by atoms with Crippen molar-refractivity contribution in [1.29, 1.82) is 0 Å². The summed E-state index contributed by atoms with van der Waals surface area (Å²) in [4.78, 5) is 0. The van der Waals surface area contributed by atoms with Crippen LogP contribution in [-0.4, -0.2) is 0 Å². The number of fused-ring (bicyclic) bond motifs is 3. The van der Waals surface area contributed by atoms with E-state index >= 15 is 0 Å². The van der Waals surface area contributed by atoms with Crippen molar-refractivity contribution in [2.45, 2.75) is 64.7 Å². The van der Waals surface area contributed by atoms with Gasteiger partial charge in [-0.05, 0) is 59.6 Å². The number of hydrogen-bond acceptors (Lipinski definition) is 0. The van der Waals surface area contributed by atoms with Crippen LogP contribution in [0.3, 0.4) is 0 Å². The quantitative estimate of drug-likeness (QED) is 0.632. The second kappa shape index (κ2) is 3.86. The molecule has 0 aromatic heterocycles. The van der Waals surface area contributed by atoms with Crippen LogP contribution < -0.4 is 0 Å². The maximum Gasteiger partial charge on any atom is -0.0105 e. The molecular weight excluding hydrogens is 204 g/mol. The van der Waals surface area contributed by atoms with Gasteiger partial charge in [0.25, 0.3) is 0 Å². The largest absolute Gasteiger partial charge is 0.0617 e. The molecule has 0 spiro atoms. The van der Waals surface area contributed by atoms with Crippen LogP contribution in [-0.2, 0) is 6.42 Å². The second-order valence-electron chi connectivity index (χ2n) is 6.67. The molecule has 0 N–H and O–H groups in total. The van der Waals surface area contributed by atoms with Crippen molar-refractivity contribution in [3.05, 3.63) is 34.9 Å². The highest BCUT2D eigenvalue weighted by Crippen LogP contribution is 2.56. The highest BCUT2D eigenvalue weighted by molar-refractivity contribution is 5.42.